The number of amides is 1. The van der Waals surface area contributed by atoms with Gasteiger partial charge in [0.15, 0.2) is 5.65 Å². The Hall–Kier alpha value is -3.48. The molecule has 3 heterocycles. The first-order valence-electron chi connectivity index (χ1n) is 9.00. The van der Waals surface area contributed by atoms with Gasteiger partial charge in [-0.25, -0.2) is 14.5 Å². The van der Waals surface area contributed by atoms with E-state index in [4.69, 9.17) is 0 Å². The van der Waals surface area contributed by atoms with Gasteiger partial charge in [0.25, 0.3) is 5.91 Å². The van der Waals surface area contributed by atoms with Gasteiger partial charge in [-0.1, -0.05) is 18.2 Å². The number of hydrogen-bond donors (Lipinski definition) is 2. The van der Waals surface area contributed by atoms with E-state index in [0.29, 0.717) is 24.0 Å². The fourth-order valence-corrected chi connectivity index (χ4v) is 3.15. The van der Waals surface area contributed by atoms with Crippen LogP contribution in [0, 0.1) is 0 Å². The van der Waals surface area contributed by atoms with Crippen molar-refractivity contribution in [2.45, 2.75) is 25.4 Å². The summed E-state index contributed by atoms with van der Waals surface area (Å²) < 4.78 is 1.79. The minimum Gasteiger partial charge on any atom is -0.364 e. The number of benzene rings is 1. The monoisotopic (exact) mass is 358 g/mol. The molecule has 1 aromatic carbocycles. The second-order valence-corrected chi connectivity index (χ2v) is 6.71. The zero-order valence-corrected chi connectivity index (χ0v) is 14.6. The molecular weight excluding hydrogens is 340 g/mol. The lowest BCUT2D eigenvalue weighted by atomic mass is 10.1. The van der Waals surface area contributed by atoms with E-state index in [1.165, 1.54) is 0 Å². The van der Waals surface area contributed by atoms with Crippen LogP contribution in [0.1, 0.15) is 28.9 Å². The number of pyridine rings is 1. The van der Waals surface area contributed by atoms with Gasteiger partial charge in [0.1, 0.15) is 5.82 Å². The highest BCUT2D eigenvalue weighted by molar-refractivity contribution is 6.07. The number of carbonyl (C=O) groups excluding carboxylic acids is 1. The number of anilines is 1. The number of hydrogen-bond acceptors (Lipinski definition) is 5. The highest BCUT2D eigenvalue weighted by Gasteiger charge is 2.25. The molecule has 0 atom stereocenters. The number of nitrogens with zero attached hydrogens (tertiary/aromatic N) is 4. The smallest absolute Gasteiger partial charge is 0.252 e. The second-order valence-electron chi connectivity index (χ2n) is 6.71. The summed E-state index contributed by atoms with van der Waals surface area (Å²) in [5, 5.41) is 11.5. The Kier molecular flexibility index (Phi) is 3.71. The van der Waals surface area contributed by atoms with E-state index in [9.17, 15) is 4.79 Å². The lowest BCUT2D eigenvalue weighted by Gasteiger charge is -2.12. The summed E-state index contributed by atoms with van der Waals surface area (Å²) in [4.78, 5) is 21.6. The Balaban J connectivity index is 1.47. The largest absolute Gasteiger partial charge is 0.364 e. The standard InChI is InChI=1S/C20H18N6O/c27-20(24-13-5-6-13)16-11-18(25-17-4-2-1-3-15(16)17)22-12-14-7-9-21-19-8-10-23-26(14)19/h1-4,7-11,13H,5-6,12H2,(H,22,25)(H,24,27). The maximum atomic E-state index is 12.7. The van der Waals surface area contributed by atoms with Crippen molar-refractivity contribution in [2.24, 2.45) is 0 Å². The summed E-state index contributed by atoms with van der Waals surface area (Å²) >= 11 is 0. The van der Waals surface area contributed by atoms with Gasteiger partial charge in [-0.2, -0.15) is 5.10 Å². The number of fused-ring (bicyclic) bond motifs is 2. The fourth-order valence-electron chi connectivity index (χ4n) is 3.15. The molecule has 3 aromatic heterocycles. The summed E-state index contributed by atoms with van der Waals surface area (Å²) in [6, 6.07) is 13.6. The van der Waals surface area contributed by atoms with E-state index in [-0.39, 0.29) is 5.91 Å². The van der Waals surface area contributed by atoms with Crippen molar-refractivity contribution < 1.29 is 4.79 Å². The van der Waals surface area contributed by atoms with E-state index in [0.717, 1.165) is 35.1 Å². The van der Waals surface area contributed by atoms with Crippen molar-refractivity contribution in [3.63, 3.8) is 0 Å². The summed E-state index contributed by atoms with van der Waals surface area (Å²) in [5.74, 6) is 0.615. The topological polar surface area (TPSA) is 84.2 Å². The van der Waals surface area contributed by atoms with Gasteiger partial charge < -0.3 is 10.6 Å². The van der Waals surface area contributed by atoms with Crippen LogP contribution in [0.2, 0.25) is 0 Å². The summed E-state index contributed by atoms with van der Waals surface area (Å²) in [6.45, 7) is 0.524. The van der Waals surface area contributed by atoms with Crippen LogP contribution in [0.25, 0.3) is 16.6 Å². The van der Waals surface area contributed by atoms with Gasteiger partial charge in [0.05, 0.1) is 29.5 Å². The molecule has 0 unspecified atom stereocenters. The molecule has 5 rings (SSSR count). The first-order chi connectivity index (χ1) is 13.3. The highest BCUT2D eigenvalue weighted by Crippen LogP contribution is 2.24. The first-order valence-corrected chi connectivity index (χ1v) is 9.00. The van der Waals surface area contributed by atoms with Crippen LogP contribution >= 0.6 is 0 Å². The van der Waals surface area contributed by atoms with Gasteiger partial charge in [-0.3, -0.25) is 4.79 Å². The van der Waals surface area contributed by atoms with Crippen molar-refractivity contribution in [3.8, 4) is 0 Å². The quantitative estimate of drug-likeness (QED) is 0.573. The Morgan fingerprint density at radius 1 is 1.15 bits per heavy atom. The maximum Gasteiger partial charge on any atom is 0.252 e. The van der Waals surface area contributed by atoms with E-state index >= 15 is 0 Å². The number of rotatable bonds is 5. The number of nitrogens with one attached hydrogen (secondary N) is 2. The molecular formula is C20H18N6O. The summed E-state index contributed by atoms with van der Waals surface area (Å²) in [5.41, 5.74) is 3.20. The van der Waals surface area contributed by atoms with Crippen LogP contribution in [-0.4, -0.2) is 31.5 Å². The van der Waals surface area contributed by atoms with E-state index in [1.54, 1.807) is 16.9 Å². The summed E-state index contributed by atoms with van der Waals surface area (Å²) in [6.07, 6.45) is 5.60. The molecule has 7 nitrogen and oxygen atoms in total. The molecule has 1 saturated carbocycles. The molecule has 1 aliphatic rings. The predicted molar refractivity (Wildman–Crippen MR) is 103 cm³/mol. The third-order valence-corrected chi connectivity index (χ3v) is 4.69. The lowest BCUT2D eigenvalue weighted by Crippen LogP contribution is -2.25. The van der Waals surface area contributed by atoms with E-state index in [1.807, 2.05) is 42.5 Å². The van der Waals surface area contributed by atoms with Crippen LogP contribution in [-0.2, 0) is 6.54 Å². The van der Waals surface area contributed by atoms with Crippen LogP contribution in [0.5, 0.6) is 0 Å². The van der Waals surface area contributed by atoms with Crippen molar-refractivity contribution in [1.29, 1.82) is 0 Å². The van der Waals surface area contributed by atoms with Crippen LogP contribution < -0.4 is 10.6 Å². The third kappa shape index (κ3) is 3.08. The molecule has 2 N–H and O–H groups in total. The van der Waals surface area contributed by atoms with Crippen molar-refractivity contribution in [1.82, 2.24) is 24.9 Å². The molecule has 0 radical (unpaired) electrons. The molecule has 134 valence electrons. The number of carbonyl (C=O) groups is 1. The SMILES string of the molecule is O=C(NC1CC1)c1cc(NCc2ccnc3ccnn23)nc2ccccc12. The predicted octanol–water partition coefficient (Wildman–Crippen LogP) is 2.78. The zero-order chi connectivity index (χ0) is 18.2. The third-order valence-electron chi connectivity index (χ3n) is 4.69. The molecule has 0 saturated heterocycles. The van der Waals surface area contributed by atoms with Gasteiger partial charge in [-0.05, 0) is 31.0 Å². The minimum atomic E-state index is -0.0440. The van der Waals surface area contributed by atoms with Crippen LogP contribution in [0.3, 0.4) is 0 Å². The lowest BCUT2D eigenvalue weighted by molar-refractivity contribution is 0.0952. The van der Waals surface area contributed by atoms with Crippen molar-refractivity contribution in [2.75, 3.05) is 5.32 Å². The maximum absolute atomic E-state index is 12.7. The molecule has 1 aliphatic carbocycles. The molecule has 0 bridgehead atoms. The van der Waals surface area contributed by atoms with Gasteiger partial charge in [-0.15, -0.1) is 0 Å². The van der Waals surface area contributed by atoms with Crippen LogP contribution in [0.15, 0.2) is 54.9 Å². The van der Waals surface area contributed by atoms with Crippen LogP contribution in [0.4, 0.5) is 5.82 Å². The number of para-hydroxylation sites is 1. The highest BCUT2D eigenvalue weighted by atomic mass is 16.1. The zero-order valence-electron chi connectivity index (χ0n) is 14.6. The Labute approximate surface area is 155 Å². The first kappa shape index (κ1) is 15.7. The second kappa shape index (κ2) is 6.35. The van der Waals surface area contributed by atoms with Crippen molar-refractivity contribution in [3.05, 3.63) is 66.1 Å². The molecule has 1 fully saturated rings. The average molecular weight is 358 g/mol. The molecule has 0 spiro atoms. The molecule has 7 heteroatoms. The van der Waals surface area contributed by atoms with Gasteiger partial charge >= 0.3 is 0 Å². The molecule has 27 heavy (non-hydrogen) atoms. The Bertz CT molecular complexity index is 1150. The average Bonchev–Trinajstić information content (AvgIpc) is 3.37. The van der Waals surface area contributed by atoms with Gasteiger partial charge in [0, 0.05) is 23.7 Å². The Morgan fingerprint density at radius 2 is 2.04 bits per heavy atom. The normalized spacial score (nSPS) is 13.8. The van der Waals surface area contributed by atoms with Gasteiger partial charge in [0.2, 0.25) is 0 Å². The molecule has 1 amide bonds. The summed E-state index contributed by atoms with van der Waals surface area (Å²) in [7, 11) is 0. The molecule has 0 aliphatic heterocycles. The van der Waals surface area contributed by atoms with E-state index in [2.05, 4.69) is 25.7 Å². The minimum absolute atomic E-state index is 0.0440. The Morgan fingerprint density at radius 3 is 2.93 bits per heavy atom. The molecule has 4 aromatic rings. The number of aromatic nitrogens is 4. The van der Waals surface area contributed by atoms with E-state index < -0.39 is 0 Å². The van der Waals surface area contributed by atoms with Crippen molar-refractivity contribution >= 4 is 28.3 Å². The fraction of sp³-hybridized carbons (Fsp3) is 0.200.